The van der Waals surface area contributed by atoms with Gasteiger partial charge in [0.1, 0.15) is 0 Å². The molecule has 1 fully saturated rings. The molecule has 2 unspecified atom stereocenters. The highest BCUT2D eigenvalue weighted by Gasteiger charge is 2.37. The Morgan fingerprint density at radius 3 is 2.91 bits per heavy atom. The maximum atomic E-state index is 5.53. The minimum Gasteiger partial charge on any atom is -0.330 e. The van der Waals surface area contributed by atoms with Gasteiger partial charge in [-0.25, -0.2) is 0 Å². The van der Waals surface area contributed by atoms with Crippen LogP contribution in [0.5, 0.6) is 0 Å². The summed E-state index contributed by atoms with van der Waals surface area (Å²) in [6, 6.07) is 4.33. The van der Waals surface area contributed by atoms with Gasteiger partial charge < -0.3 is 5.73 Å². The fraction of sp³-hybridized carbons (Fsp3) is 0.500. The van der Waals surface area contributed by atoms with Crippen molar-refractivity contribution in [1.29, 1.82) is 0 Å². The average molecular weight is 190 g/mol. The standard InChI is InChI=1S/C8H11NS.ClH/c9-5-6-4-7(6)8-2-1-3-10-8;/h1-3,6-7H,4-5,9H2;1H. The normalized spacial score (nSPS) is 27.7. The van der Waals surface area contributed by atoms with Gasteiger partial charge in [0.05, 0.1) is 0 Å². The van der Waals surface area contributed by atoms with Gasteiger partial charge in [-0.1, -0.05) is 6.07 Å². The molecule has 0 amide bonds. The number of hydrogen-bond donors (Lipinski definition) is 1. The van der Waals surface area contributed by atoms with Gasteiger partial charge in [-0.2, -0.15) is 0 Å². The Labute approximate surface area is 77.0 Å². The molecule has 3 heteroatoms. The van der Waals surface area contributed by atoms with Crippen LogP contribution in [0.15, 0.2) is 17.5 Å². The van der Waals surface area contributed by atoms with E-state index in [-0.39, 0.29) is 12.4 Å². The third kappa shape index (κ3) is 1.75. The summed E-state index contributed by atoms with van der Waals surface area (Å²) in [6.07, 6.45) is 1.32. The van der Waals surface area contributed by atoms with Crippen LogP contribution in [0, 0.1) is 5.92 Å². The average Bonchev–Trinajstić information content (AvgIpc) is 2.56. The van der Waals surface area contributed by atoms with Crippen LogP contribution in [0.1, 0.15) is 17.2 Å². The molecule has 2 atom stereocenters. The van der Waals surface area contributed by atoms with E-state index in [1.807, 2.05) is 11.3 Å². The summed E-state index contributed by atoms with van der Waals surface area (Å²) in [5.41, 5.74) is 5.53. The Bertz CT molecular complexity index is 210. The lowest BCUT2D eigenvalue weighted by molar-refractivity contribution is 0.815. The lowest BCUT2D eigenvalue weighted by Crippen LogP contribution is -2.01. The predicted molar refractivity (Wildman–Crippen MR) is 51.5 cm³/mol. The van der Waals surface area contributed by atoms with E-state index < -0.39 is 0 Å². The first-order valence-corrected chi connectivity index (χ1v) is 4.53. The van der Waals surface area contributed by atoms with Gasteiger partial charge in [0, 0.05) is 4.88 Å². The van der Waals surface area contributed by atoms with Crippen molar-refractivity contribution in [1.82, 2.24) is 0 Å². The molecular weight excluding hydrogens is 178 g/mol. The molecule has 1 aromatic rings. The minimum atomic E-state index is 0. The van der Waals surface area contributed by atoms with Crippen molar-refractivity contribution in [2.75, 3.05) is 6.54 Å². The van der Waals surface area contributed by atoms with E-state index in [9.17, 15) is 0 Å². The lowest BCUT2D eigenvalue weighted by Gasteiger charge is -1.89. The zero-order valence-corrected chi connectivity index (χ0v) is 7.83. The quantitative estimate of drug-likeness (QED) is 0.759. The van der Waals surface area contributed by atoms with Gasteiger partial charge in [-0.05, 0) is 36.2 Å². The van der Waals surface area contributed by atoms with E-state index in [2.05, 4.69) is 17.5 Å². The Hall–Kier alpha value is -0.0500. The third-order valence-electron chi connectivity index (χ3n) is 2.13. The summed E-state index contributed by atoms with van der Waals surface area (Å²) in [6.45, 7) is 0.864. The van der Waals surface area contributed by atoms with Gasteiger partial charge in [0.2, 0.25) is 0 Å². The van der Waals surface area contributed by atoms with Crippen molar-refractivity contribution < 1.29 is 0 Å². The molecule has 1 aliphatic carbocycles. The number of rotatable bonds is 2. The molecule has 2 rings (SSSR count). The van der Waals surface area contributed by atoms with Crippen molar-refractivity contribution in [3.8, 4) is 0 Å². The molecule has 11 heavy (non-hydrogen) atoms. The molecule has 1 aliphatic rings. The van der Waals surface area contributed by atoms with E-state index in [0.717, 1.165) is 18.4 Å². The second kappa shape index (κ2) is 3.57. The van der Waals surface area contributed by atoms with Crippen LogP contribution in [0.2, 0.25) is 0 Å². The van der Waals surface area contributed by atoms with Gasteiger partial charge in [0.25, 0.3) is 0 Å². The Kier molecular flexibility index (Phi) is 2.93. The highest BCUT2D eigenvalue weighted by atomic mass is 35.5. The molecule has 1 nitrogen and oxygen atoms in total. The first kappa shape index (κ1) is 9.04. The van der Waals surface area contributed by atoms with Gasteiger partial charge in [-0.15, -0.1) is 23.7 Å². The highest BCUT2D eigenvalue weighted by molar-refractivity contribution is 7.10. The molecule has 0 saturated heterocycles. The maximum absolute atomic E-state index is 5.53. The second-order valence-corrected chi connectivity index (χ2v) is 3.83. The molecule has 0 aromatic carbocycles. The molecule has 1 aromatic heterocycles. The van der Waals surface area contributed by atoms with Crippen LogP contribution in [-0.2, 0) is 0 Å². The zero-order valence-electron chi connectivity index (χ0n) is 6.19. The van der Waals surface area contributed by atoms with Crippen LogP contribution < -0.4 is 5.73 Å². The van der Waals surface area contributed by atoms with Crippen molar-refractivity contribution in [2.24, 2.45) is 11.7 Å². The summed E-state index contributed by atoms with van der Waals surface area (Å²) in [5, 5.41) is 2.14. The van der Waals surface area contributed by atoms with Crippen LogP contribution in [-0.4, -0.2) is 6.54 Å². The summed E-state index contributed by atoms with van der Waals surface area (Å²) in [5.74, 6) is 1.60. The molecule has 0 radical (unpaired) electrons. The molecule has 2 N–H and O–H groups in total. The van der Waals surface area contributed by atoms with E-state index in [1.165, 1.54) is 11.3 Å². The van der Waals surface area contributed by atoms with Crippen LogP contribution >= 0.6 is 23.7 Å². The molecule has 0 spiro atoms. The number of thiophene rings is 1. The first-order valence-electron chi connectivity index (χ1n) is 3.65. The van der Waals surface area contributed by atoms with Crippen molar-refractivity contribution in [3.63, 3.8) is 0 Å². The smallest absolute Gasteiger partial charge is 0.00795 e. The fourth-order valence-corrected chi connectivity index (χ4v) is 2.29. The van der Waals surface area contributed by atoms with Crippen molar-refractivity contribution >= 4 is 23.7 Å². The maximum Gasteiger partial charge on any atom is 0.00795 e. The molecule has 0 aliphatic heterocycles. The molecule has 0 bridgehead atoms. The summed E-state index contributed by atoms with van der Waals surface area (Å²) >= 11 is 1.86. The van der Waals surface area contributed by atoms with E-state index in [1.54, 1.807) is 0 Å². The number of nitrogens with two attached hydrogens (primary N) is 1. The Balaban J connectivity index is 0.000000605. The Morgan fingerprint density at radius 2 is 2.45 bits per heavy atom. The topological polar surface area (TPSA) is 26.0 Å². The highest BCUT2D eigenvalue weighted by Crippen LogP contribution is 2.48. The van der Waals surface area contributed by atoms with E-state index in [4.69, 9.17) is 5.73 Å². The fourth-order valence-electron chi connectivity index (χ4n) is 1.36. The minimum absolute atomic E-state index is 0. The summed E-state index contributed by atoms with van der Waals surface area (Å²) in [7, 11) is 0. The van der Waals surface area contributed by atoms with E-state index >= 15 is 0 Å². The lowest BCUT2D eigenvalue weighted by atomic mass is 10.3. The summed E-state index contributed by atoms with van der Waals surface area (Å²) in [4.78, 5) is 1.52. The van der Waals surface area contributed by atoms with Crippen LogP contribution in [0.4, 0.5) is 0 Å². The first-order chi connectivity index (χ1) is 4.92. The molecule has 1 saturated carbocycles. The number of halogens is 1. The summed E-state index contributed by atoms with van der Waals surface area (Å²) < 4.78 is 0. The van der Waals surface area contributed by atoms with Crippen LogP contribution in [0.25, 0.3) is 0 Å². The molecular formula is C8H12ClNS. The number of hydrogen-bond acceptors (Lipinski definition) is 2. The third-order valence-corrected chi connectivity index (χ3v) is 3.14. The Morgan fingerprint density at radius 1 is 1.64 bits per heavy atom. The largest absolute Gasteiger partial charge is 0.330 e. The van der Waals surface area contributed by atoms with Gasteiger partial charge >= 0.3 is 0 Å². The van der Waals surface area contributed by atoms with Crippen LogP contribution in [0.3, 0.4) is 0 Å². The molecule has 62 valence electrons. The van der Waals surface area contributed by atoms with Crippen molar-refractivity contribution in [2.45, 2.75) is 12.3 Å². The van der Waals surface area contributed by atoms with Gasteiger partial charge in [0.15, 0.2) is 0 Å². The second-order valence-electron chi connectivity index (χ2n) is 2.85. The van der Waals surface area contributed by atoms with Gasteiger partial charge in [-0.3, -0.25) is 0 Å². The zero-order chi connectivity index (χ0) is 6.97. The monoisotopic (exact) mass is 189 g/mol. The van der Waals surface area contributed by atoms with Crippen molar-refractivity contribution in [3.05, 3.63) is 22.4 Å². The molecule has 1 heterocycles. The predicted octanol–water partition coefficient (Wildman–Crippen LogP) is 2.23. The SMILES string of the molecule is Cl.NCC1CC1c1cccs1. The van der Waals surface area contributed by atoms with E-state index in [0.29, 0.717) is 0 Å².